The third-order valence-electron chi connectivity index (χ3n) is 21.1. The first-order valence-electron chi connectivity index (χ1n) is 47.5. The van der Waals surface area contributed by atoms with Gasteiger partial charge >= 0.3 is 18.0 Å². The molecule has 119 heavy (non-hydrogen) atoms. The number of esters is 2. The normalized spacial score (nSPS) is 13.0. The number of carbonyl (C=O) groups is 8. The maximum atomic E-state index is 15.0. The number of alkyl carbamates (subject to hydrolysis) is 1. The van der Waals surface area contributed by atoms with Crippen molar-refractivity contribution in [3.8, 4) is 11.5 Å². The molecule has 0 saturated heterocycles. The largest absolute Gasteiger partial charge is 0.493 e. The smallest absolute Gasteiger partial charge is 0.408 e. The number of nitrogens with one attached hydrogen (secondary N) is 6. The molecule has 0 spiro atoms. The summed E-state index contributed by atoms with van der Waals surface area (Å²) in [6, 6.07) is 7.40. The van der Waals surface area contributed by atoms with E-state index in [2.05, 4.69) is 52.7 Å². The summed E-state index contributed by atoms with van der Waals surface area (Å²) < 4.78 is 42.1. The second-order valence-electron chi connectivity index (χ2n) is 36.7. The second kappa shape index (κ2) is 68.0. The lowest BCUT2D eigenvalue weighted by atomic mass is 10.0. The van der Waals surface area contributed by atoms with Gasteiger partial charge in [0.25, 0.3) is 0 Å². The van der Waals surface area contributed by atoms with E-state index in [1.165, 1.54) is 225 Å². The Balaban J connectivity index is 2.33. The van der Waals surface area contributed by atoms with Crippen molar-refractivity contribution in [3.05, 3.63) is 59.7 Å². The predicted molar refractivity (Wildman–Crippen MR) is 482 cm³/mol. The van der Waals surface area contributed by atoms with Gasteiger partial charge in [-0.25, -0.2) is 9.59 Å². The van der Waals surface area contributed by atoms with Gasteiger partial charge in [-0.2, -0.15) is 0 Å². The number of amides is 6. The zero-order valence-corrected chi connectivity index (χ0v) is 77.6. The first kappa shape index (κ1) is 109. The van der Waals surface area contributed by atoms with E-state index in [4.69, 9.17) is 33.2 Å². The minimum absolute atomic E-state index is 0.0486. The molecule has 2 aromatic rings. The van der Waals surface area contributed by atoms with Crippen LogP contribution in [0.5, 0.6) is 11.5 Å². The van der Waals surface area contributed by atoms with Crippen LogP contribution in [-0.4, -0.2) is 134 Å². The fourth-order valence-corrected chi connectivity index (χ4v) is 14.1. The van der Waals surface area contributed by atoms with Crippen molar-refractivity contribution < 1.29 is 71.5 Å². The summed E-state index contributed by atoms with van der Waals surface area (Å²) in [7, 11) is 0. The average molecular weight is 1670 g/mol. The van der Waals surface area contributed by atoms with Gasteiger partial charge in [0.1, 0.15) is 61.0 Å². The number of benzene rings is 2. The Morgan fingerprint density at radius 1 is 0.370 bits per heavy atom. The lowest BCUT2D eigenvalue weighted by Crippen LogP contribution is -2.61. The van der Waals surface area contributed by atoms with E-state index in [-0.39, 0.29) is 45.0 Å². The molecule has 0 radical (unpaired) electrons. The van der Waals surface area contributed by atoms with Crippen molar-refractivity contribution in [3.63, 3.8) is 0 Å². The van der Waals surface area contributed by atoms with E-state index in [0.29, 0.717) is 42.3 Å². The molecule has 0 aromatic heterocycles. The zero-order valence-electron chi connectivity index (χ0n) is 77.6. The molecular weight excluding hydrogens is 1500 g/mol. The maximum Gasteiger partial charge on any atom is 0.408 e. The summed E-state index contributed by atoms with van der Waals surface area (Å²) in [5, 5.41) is 16.1. The SMILES string of the molecule is CCCCCCCCCCCCCCCCCCCCCCOc1ccc(COC(=O)[C@H](COC(C)(C)C)NC(=O)[C@H](CC(C)C)NC(=O)[C@H](Cc2ccccc2)NC(=O)[C@H](COC(=O)CCCCCCC)NC(=O)[C@H](COC(C)(C)C)NC(=O)CNC(=O)OC(C)(C)C)c(OCCCCCCCCCCCCCCCCCCCCCC)c1. The average Bonchev–Trinajstić information content (AvgIpc) is 0.850. The predicted octanol–water partition coefficient (Wildman–Crippen LogP) is 21.9. The zero-order chi connectivity index (χ0) is 87.6. The number of hydrogen-bond acceptors (Lipinski definition) is 15. The molecule has 6 N–H and O–H groups in total. The summed E-state index contributed by atoms with van der Waals surface area (Å²) in [6.07, 6.45) is 55.7. The summed E-state index contributed by atoms with van der Waals surface area (Å²) in [4.78, 5) is 113. The quantitative estimate of drug-likeness (QED) is 0.0204. The molecular formula is C98H172N6O15. The van der Waals surface area contributed by atoms with E-state index >= 15 is 4.79 Å². The van der Waals surface area contributed by atoms with Crippen molar-refractivity contribution in [1.82, 2.24) is 31.9 Å². The van der Waals surface area contributed by atoms with E-state index in [9.17, 15) is 33.6 Å². The molecule has 0 unspecified atom stereocenters. The molecule has 21 nitrogen and oxygen atoms in total. The Bertz CT molecular complexity index is 2970. The van der Waals surface area contributed by atoms with Gasteiger partial charge < -0.3 is 65.1 Å². The molecule has 6 amide bonds. The molecule has 0 fully saturated rings. The molecule has 0 aliphatic carbocycles. The number of ether oxygens (including phenoxy) is 7. The van der Waals surface area contributed by atoms with E-state index in [0.717, 1.165) is 57.8 Å². The van der Waals surface area contributed by atoms with Crippen LogP contribution in [-0.2, 0) is 70.3 Å². The van der Waals surface area contributed by atoms with Crippen LogP contribution in [0.1, 0.15) is 410 Å². The summed E-state index contributed by atoms with van der Waals surface area (Å²) in [6.45, 7) is 25.1. The molecule has 0 heterocycles. The van der Waals surface area contributed by atoms with Gasteiger partial charge in [-0.3, -0.25) is 28.8 Å². The Morgan fingerprint density at radius 3 is 1.17 bits per heavy atom. The Hall–Kier alpha value is -6.48. The lowest BCUT2D eigenvalue weighted by Gasteiger charge is -2.29. The molecule has 684 valence electrons. The molecule has 2 aromatic carbocycles. The standard InChI is InChI=1S/C98H172N6O15/c1-15-18-21-24-26-28-30-32-34-36-38-40-42-44-46-48-50-52-55-61-68-113-81-67-66-80(87(72-81)114-69-62-56-53-51-49-47-45-43-41-39-37-35-33-31-29-27-25-22-19-16-2)74-116-94(111)86(77-118-97(9,10)11)104-90(107)82(70-78(4)5)101-91(108)83(71-79-63-58-57-59-64-79)102-92(109)84(75-115-89(106)65-60-54-23-20-17-3)103-93(110)85(76-117-96(6,7)8)100-88(105)73-99-95(112)119-98(12,13)14/h57-59,63-64,66-67,72,78,82-86H,15-56,60-62,65,68-71,73-77H2,1-14H3,(H,99,112)(H,100,105)(H,101,108)(H,102,109)(H,103,110)(H,104,107)/t82-,83-,84-,85-,86-/m0/s1. The highest BCUT2D eigenvalue weighted by Gasteiger charge is 2.36. The van der Waals surface area contributed by atoms with Crippen LogP contribution in [0.15, 0.2) is 48.5 Å². The number of rotatable bonds is 74. The van der Waals surface area contributed by atoms with Gasteiger partial charge in [0, 0.05) is 24.5 Å². The Morgan fingerprint density at radius 2 is 0.739 bits per heavy atom. The summed E-state index contributed by atoms with van der Waals surface area (Å²) >= 11 is 0. The van der Waals surface area contributed by atoms with Crippen molar-refractivity contribution in [2.75, 3.05) is 39.6 Å². The first-order valence-corrected chi connectivity index (χ1v) is 47.5. The topological polar surface area (TPSA) is 273 Å². The third-order valence-corrected chi connectivity index (χ3v) is 21.1. The molecule has 21 heteroatoms. The maximum absolute atomic E-state index is 15.0. The highest BCUT2D eigenvalue weighted by Crippen LogP contribution is 2.28. The van der Waals surface area contributed by atoms with E-state index < -0.39 is 108 Å². The van der Waals surface area contributed by atoms with Gasteiger partial charge in [-0.05, 0) is 112 Å². The highest BCUT2D eigenvalue weighted by atomic mass is 16.6. The number of hydrogen-bond donors (Lipinski definition) is 6. The van der Waals surface area contributed by atoms with Crippen molar-refractivity contribution in [1.29, 1.82) is 0 Å². The molecule has 0 aliphatic rings. The highest BCUT2D eigenvalue weighted by molar-refractivity contribution is 5.97. The molecule has 0 saturated carbocycles. The number of carbonyl (C=O) groups excluding carboxylic acids is 8. The van der Waals surface area contributed by atoms with Crippen LogP contribution in [0, 0.1) is 5.92 Å². The Labute approximate surface area is 722 Å². The van der Waals surface area contributed by atoms with Gasteiger partial charge in [0.15, 0.2) is 6.04 Å². The molecule has 5 atom stereocenters. The van der Waals surface area contributed by atoms with Crippen LogP contribution in [0.2, 0.25) is 0 Å². The van der Waals surface area contributed by atoms with Gasteiger partial charge in [0.05, 0.1) is 37.6 Å². The Kier molecular flexibility index (Phi) is 62.1. The van der Waals surface area contributed by atoms with Crippen molar-refractivity contribution in [2.24, 2.45) is 5.92 Å². The fraction of sp³-hybridized carbons (Fsp3) is 0.796. The minimum atomic E-state index is -1.64. The van der Waals surface area contributed by atoms with Crippen LogP contribution in [0.4, 0.5) is 4.79 Å². The van der Waals surface area contributed by atoms with Gasteiger partial charge in [-0.1, -0.05) is 335 Å². The van der Waals surface area contributed by atoms with E-state index in [1.807, 2.05) is 52.8 Å². The molecule has 0 aliphatic heterocycles. The molecule has 2 rings (SSSR count). The second-order valence-corrected chi connectivity index (χ2v) is 36.7. The lowest BCUT2D eigenvalue weighted by molar-refractivity contribution is -0.153. The van der Waals surface area contributed by atoms with Crippen LogP contribution in [0.25, 0.3) is 0 Å². The van der Waals surface area contributed by atoms with Crippen molar-refractivity contribution >= 4 is 47.6 Å². The van der Waals surface area contributed by atoms with Crippen molar-refractivity contribution in [2.45, 2.75) is 459 Å². The first-order chi connectivity index (χ1) is 57.0. The fourth-order valence-electron chi connectivity index (χ4n) is 14.1. The van der Waals surface area contributed by atoms with E-state index in [1.54, 1.807) is 71.9 Å². The minimum Gasteiger partial charge on any atom is -0.493 e. The van der Waals surface area contributed by atoms with Crippen LogP contribution >= 0.6 is 0 Å². The third kappa shape index (κ3) is 61.5. The number of unbranched alkanes of at least 4 members (excludes halogenated alkanes) is 42. The van der Waals surface area contributed by atoms with Gasteiger partial charge in [0.2, 0.25) is 29.5 Å². The molecule has 0 bridgehead atoms. The van der Waals surface area contributed by atoms with Crippen LogP contribution in [0.3, 0.4) is 0 Å². The van der Waals surface area contributed by atoms with Crippen LogP contribution < -0.4 is 41.4 Å². The summed E-state index contributed by atoms with van der Waals surface area (Å²) in [5.41, 5.74) is -1.14. The summed E-state index contributed by atoms with van der Waals surface area (Å²) in [5.74, 6) is -4.47. The van der Waals surface area contributed by atoms with Gasteiger partial charge in [-0.15, -0.1) is 0 Å². The monoisotopic (exact) mass is 1670 g/mol.